The SMILES string of the molecule is C/C=C1\CC[C@@H](N)C12CCN(C(C)C)CC2. The molecule has 1 aliphatic heterocycles. The van der Waals surface area contributed by atoms with E-state index >= 15 is 0 Å². The number of rotatable bonds is 1. The van der Waals surface area contributed by atoms with Gasteiger partial charge in [0.15, 0.2) is 0 Å². The molecule has 0 radical (unpaired) electrons. The Labute approximate surface area is 99.9 Å². The van der Waals surface area contributed by atoms with E-state index < -0.39 is 0 Å². The molecule has 92 valence electrons. The second-order valence-corrected chi connectivity index (χ2v) is 5.74. The summed E-state index contributed by atoms with van der Waals surface area (Å²) in [7, 11) is 0. The summed E-state index contributed by atoms with van der Waals surface area (Å²) >= 11 is 0. The van der Waals surface area contributed by atoms with Gasteiger partial charge in [-0.1, -0.05) is 11.6 Å². The minimum Gasteiger partial charge on any atom is -0.327 e. The molecule has 2 fully saturated rings. The summed E-state index contributed by atoms with van der Waals surface area (Å²) in [5, 5.41) is 0. The minimum absolute atomic E-state index is 0.361. The summed E-state index contributed by atoms with van der Waals surface area (Å²) in [5.41, 5.74) is 8.38. The third-order valence-corrected chi connectivity index (χ3v) is 4.84. The Morgan fingerprint density at radius 2 is 2.00 bits per heavy atom. The summed E-state index contributed by atoms with van der Waals surface area (Å²) in [6.07, 6.45) is 7.30. The predicted molar refractivity (Wildman–Crippen MR) is 69.3 cm³/mol. The average molecular weight is 222 g/mol. The fraction of sp³-hybridized carbons (Fsp3) is 0.857. The smallest absolute Gasteiger partial charge is 0.0137 e. The molecule has 2 rings (SSSR count). The second-order valence-electron chi connectivity index (χ2n) is 5.74. The van der Waals surface area contributed by atoms with Crippen molar-refractivity contribution in [2.24, 2.45) is 11.1 Å². The van der Waals surface area contributed by atoms with Crippen molar-refractivity contribution in [1.29, 1.82) is 0 Å². The first-order chi connectivity index (χ1) is 7.60. The molecule has 0 aromatic carbocycles. The maximum atomic E-state index is 6.37. The normalized spacial score (nSPS) is 33.1. The minimum atomic E-state index is 0.361. The standard InChI is InChI=1S/C14H26N2/c1-4-12-5-6-13(15)14(12)7-9-16(10-8-14)11(2)3/h4,11,13H,5-10,15H2,1-3H3/b12-4+/t13-/m1/s1. The van der Waals surface area contributed by atoms with Gasteiger partial charge >= 0.3 is 0 Å². The first-order valence-corrected chi connectivity index (χ1v) is 6.75. The number of nitrogens with zero attached hydrogens (tertiary/aromatic N) is 1. The fourth-order valence-corrected chi connectivity index (χ4v) is 3.64. The molecule has 16 heavy (non-hydrogen) atoms. The van der Waals surface area contributed by atoms with Gasteiger partial charge in [0, 0.05) is 17.5 Å². The van der Waals surface area contributed by atoms with Crippen molar-refractivity contribution in [2.75, 3.05) is 13.1 Å². The van der Waals surface area contributed by atoms with Crippen LogP contribution in [0.4, 0.5) is 0 Å². The third kappa shape index (κ3) is 1.82. The maximum absolute atomic E-state index is 6.37. The summed E-state index contributed by atoms with van der Waals surface area (Å²) in [4.78, 5) is 2.59. The zero-order valence-corrected chi connectivity index (χ0v) is 11.0. The van der Waals surface area contributed by atoms with Gasteiger partial charge in [0.1, 0.15) is 0 Å². The molecule has 1 heterocycles. The Morgan fingerprint density at radius 3 is 2.50 bits per heavy atom. The molecule has 2 N–H and O–H groups in total. The van der Waals surface area contributed by atoms with Crippen LogP contribution in [0.5, 0.6) is 0 Å². The van der Waals surface area contributed by atoms with Crippen molar-refractivity contribution in [1.82, 2.24) is 4.90 Å². The van der Waals surface area contributed by atoms with Crippen LogP contribution in [0.25, 0.3) is 0 Å². The Balaban J connectivity index is 2.10. The van der Waals surface area contributed by atoms with Crippen LogP contribution in [-0.4, -0.2) is 30.1 Å². The number of likely N-dealkylation sites (tertiary alicyclic amines) is 1. The molecule has 1 atom stereocenters. The lowest BCUT2D eigenvalue weighted by atomic mass is 9.71. The van der Waals surface area contributed by atoms with E-state index in [9.17, 15) is 0 Å². The molecule has 1 saturated heterocycles. The van der Waals surface area contributed by atoms with Gasteiger partial charge in [-0.2, -0.15) is 0 Å². The number of allylic oxidation sites excluding steroid dienone is 1. The molecule has 1 aliphatic carbocycles. The Hall–Kier alpha value is -0.340. The Bertz CT molecular complexity index is 272. The molecule has 0 aromatic rings. The van der Waals surface area contributed by atoms with Crippen molar-refractivity contribution in [3.63, 3.8) is 0 Å². The first-order valence-electron chi connectivity index (χ1n) is 6.75. The highest BCUT2D eigenvalue weighted by molar-refractivity contribution is 5.24. The van der Waals surface area contributed by atoms with Crippen molar-refractivity contribution < 1.29 is 0 Å². The zero-order valence-electron chi connectivity index (χ0n) is 11.0. The fourth-order valence-electron chi connectivity index (χ4n) is 3.64. The summed E-state index contributed by atoms with van der Waals surface area (Å²) in [5.74, 6) is 0. The molecular formula is C14H26N2. The zero-order chi connectivity index (χ0) is 11.8. The highest BCUT2D eigenvalue weighted by atomic mass is 15.2. The van der Waals surface area contributed by atoms with Crippen LogP contribution in [0, 0.1) is 5.41 Å². The van der Waals surface area contributed by atoms with Crippen LogP contribution in [-0.2, 0) is 0 Å². The number of hydrogen-bond acceptors (Lipinski definition) is 2. The molecule has 0 aromatic heterocycles. The van der Waals surface area contributed by atoms with Crippen LogP contribution < -0.4 is 5.73 Å². The lowest BCUT2D eigenvalue weighted by molar-refractivity contribution is 0.0988. The van der Waals surface area contributed by atoms with Crippen molar-refractivity contribution in [3.8, 4) is 0 Å². The lowest BCUT2D eigenvalue weighted by Crippen LogP contribution is -2.49. The highest BCUT2D eigenvalue weighted by Crippen LogP contribution is 2.49. The summed E-state index contributed by atoms with van der Waals surface area (Å²) in [6, 6.07) is 1.09. The Morgan fingerprint density at radius 1 is 1.38 bits per heavy atom. The molecular weight excluding hydrogens is 196 g/mol. The van der Waals surface area contributed by atoms with Crippen LogP contribution in [0.3, 0.4) is 0 Å². The van der Waals surface area contributed by atoms with E-state index in [1.54, 1.807) is 5.57 Å². The van der Waals surface area contributed by atoms with Gasteiger partial charge in [0.05, 0.1) is 0 Å². The van der Waals surface area contributed by atoms with E-state index in [2.05, 4.69) is 31.7 Å². The van der Waals surface area contributed by atoms with E-state index in [0.29, 0.717) is 17.5 Å². The monoisotopic (exact) mass is 222 g/mol. The van der Waals surface area contributed by atoms with Gasteiger partial charge in [-0.3, -0.25) is 0 Å². The third-order valence-electron chi connectivity index (χ3n) is 4.84. The molecule has 2 nitrogen and oxygen atoms in total. The van der Waals surface area contributed by atoms with E-state index in [4.69, 9.17) is 5.73 Å². The van der Waals surface area contributed by atoms with Gasteiger partial charge in [0.2, 0.25) is 0 Å². The quantitative estimate of drug-likeness (QED) is 0.691. The molecule has 1 saturated carbocycles. The highest BCUT2D eigenvalue weighted by Gasteiger charge is 2.46. The van der Waals surface area contributed by atoms with Crippen molar-refractivity contribution >= 4 is 0 Å². The molecule has 0 bridgehead atoms. The first kappa shape index (κ1) is 12.1. The van der Waals surface area contributed by atoms with Gasteiger partial charge in [0.25, 0.3) is 0 Å². The molecule has 2 aliphatic rings. The molecule has 1 spiro atoms. The van der Waals surface area contributed by atoms with Crippen molar-refractivity contribution in [2.45, 2.75) is 58.5 Å². The Kier molecular flexibility index (Phi) is 3.41. The molecule has 0 unspecified atom stereocenters. The van der Waals surface area contributed by atoms with Crippen LogP contribution in [0.15, 0.2) is 11.6 Å². The lowest BCUT2D eigenvalue weighted by Gasteiger charge is -2.44. The van der Waals surface area contributed by atoms with Gasteiger partial charge < -0.3 is 10.6 Å². The number of piperidine rings is 1. The maximum Gasteiger partial charge on any atom is 0.0137 e. The number of nitrogens with two attached hydrogens (primary N) is 1. The molecule has 0 amide bonds. The largest absolute Gasteiger partial charge is 0.327 e. The van der Waals surface area contributed by atoms with Crippen LogP contribution in [0.1, 0.15) is 46.5 Å². The van der Waals surface area contributed by atoms with Crippen molar-refractivity contribution in [3.05, 3.63) is 11.6 Å². The van der Waals surface area contributed by atoms with Gasteiger partial charge in [-0.25, -0.2) is 0 Å². The van der Waals surface area contributed by atoms with Gasteiger partial charge in [-0.05, 0) is 59.5 Å². The number of hydrogen-bond donors (Lipinski definition) is 1. The average Bonchev–Trinajstić information content (AvgIpc) is 2.57. The van der Waals surface area contributed by atoms with E-state index in [0.717, 1.165) is 0 Å². The summed E-state index contributed by atoms with van der Waals surface area (Å²) < 4.78 is 0. The summed E-state index contributed by atoms with van der Waals surface area (Å²) in [6.45, 7) is 9.22. The second kappa shape index (κ2) is 4.50. The predicted octanol–water partition coefficient (Wildman–Crippen LogP) is 2.54. The molecule has 2 heteroatoms. The van der Waals surface area contributed by atoms with Gasteiger partial charge in [-0.15, -0.1) is 0 Å². The topological polar surface area (TPSA) is 29.3 Å². The van der Waals surface area contributed by atoms with E-state index in [1.165, 1.54) is 38.8 Å². The van der Waals surface area contributed by atoms with Crippen LogP contribution >= 0.6 is 0 Å². The van der Waals surface area contributed by atoms with Crippen LogP contribution in [0.2, 0.25) is 0 Å². The van der Waals surface area contributed by atoms with E-state index in [-0.39, 0.29) is 0 Å². The van der Waals surface area contributed by atoms with E-state index in [1.807, 2.05) is 0 Å².